The molecule has 3 aromatic carbocycles. The highest BCUT2D eigenvalue weighted by Crippen LogP contribution is 2.47. The van der Waals surface area contributed by atoms with Crippen LogP contribution in [0.4, 0.5) is 9.18 Å². The Balaban J connectivity index is 1.59. The van der Waals surface area contributed by atoms with Gasteiger partial charge in [0.15, 0.2) is 6.04 Å². The van der Waals surface area contributed by atoms with E-state index >= 15 is 0 Å². The van der Waals surface area contributed by atoms with Crippen LogP contribution in [0.3, 0.4) is 0 Å². The summed E-state index contributed by atoms with van der Waals surface area (Å²) in [6.45, 7) is 0.387. The average Bonchev–Trinajstić information content (AvgIpc) is 3.04. The lowest BCUT2D eigenvalue weighted by molar-refractivity contribution is -0.143. The first-order valence-corrected chi connectivity index (χ1v) is 9.93. The number of carboxylic acid groups (broad SMARTS) is 1. The highest BCUT2D eigenvalue weighted by atomic mass is 19.1. The van der Waals surface area contributed by atoms with Gasteiger partial charge in [0, 0.05) is 0 Å². The van der Waals surface area contributed by atoms with Crippen molar-refractivity contribution in [2.24, 2.45) is 0 Å². The molecule has 1 unspecified atom stereocenters. The van der Waals surface area contributed by atoms with Gasteiger partial charge in [-0.05, 0) is 39.9 Å². The number of nitrogens with zero attached hydrogens (tertiary/aromatic N) is 2. The molecular weight excluding hydrogens is 399 g/mol. The molecule has 6 nitrogen and oxygen atoms in total. The maximum absolute atomic E-state index is 13.5. The molecule has 156 valence electrons. The Hall–Kier alpha value is -3.71. The minimum absolute atomic E-state index is 0.183. The minimum Gasteiger partial charge on any atom is -0.479 e. The van der Waals surface area contributed by atoms with Gasteiger partial charge < -0.3 is 10.0 Å². The van der Waals surface area contributed by atoms with E-state index in [1.54, 1.807) is 24.3 Å². The van der Waals surface area contributed by atoms with E-state index in [-0.39, 0.29) is 19.0 Å². The molecule has 1 fully saturated rings. The first-order chi connectivity index (χ1) is 15.0. The Morgan fingerprint density at radius 2 is 1.77 bits per heavy atom. The summed E-state index contributed by atoms with van der Waals surface area (Å²) in [7, 11) is 0. The number of hydrogen-bond acceptors (Lipinski definition) is 3. The van der Waals surface area contributed by atoms with Crippen LogP contribution in [0.2, 0.25) is 0 Å². The maximum Gasteiger partial charge on any atom is 0.345 e. The summed E-state index contributed by atoms with van der Waals surface area (Å²) in [6, 6.07) is 18.8. The van der Waals surface area contributed by atoms with E-state index in [0.29, 0.717) is 5.56 Å². The van der Waals surface area contributed by atoms with Gasteiger partial charge in [-0.15, -0.1) is 0 Å². The van der Waals surface area contributed by atoms with E-state index in [4.69, 9.17) is 4.84 Å². The second-order valence-corrected chi connectivity index (χ2v) is 7.59. The lowest BCUT2D eigenvalue weighted by Gasteiger charge is -2.32. The van der Waals surface area contributed by atoms with Gasteiger partial charge in [0.05, 0.1) is 6.54 Å². The van der Waals surface area contributed by atoms with Crippen LogP contribution in [0.1, 0.15) is 28.8 Å². The van der Waals surface area contributed by atoms with Crippen molar-refractivity contribution in [1.29, 1.82) is 0 Å². The standard InChI is InChI=1S/C24H19FN2O4/c25-17-11-9-16(10-12-17)18-7-4-8-19-21(18)20-13-26(22(19)23(28)29)24(30)27(20)31-14-15-5-2-1-3-6-15/h1-12,20,22H,13-14H2,(H,28,29)/t20-,22?/m1/s1. The van der Waals surface area contributed by atoms with Gasteiger partial charge in [-0.25, -0.2) is 14.0 Å². The van der Waals surface area contributed by atoms with Crippen LogP contribution in [0.5, 0.6) is 0 Å². The number of urea groups is 1. The number of fused-ring (bicyclic) bond motifs is 4. The molecule has 2 aliphatic heterocycles. The summed E-state index contributed by atoms with van der Waals surface area (Å²) in [5.74, 6) is -1.46. The van der Waals surface area contributed by atoms with E-state index in [1.807, 2.05) is 36.4 Å². The third kappa shape index (κ3) is 3.23. The fourth-order valence-electron chi connectivity index (χ4n) is 4.40. The molecule has 2 bridgehead atoms. The Bertz CT molecular complexity index is 1150. The van der Waals surface area contributed by atoms with Crippen molar-refractivity contribution < 1.29 is 23.9 Å². The largest absolute Gasteiger partial charge is 0.479 e. The molecule has 5 rings (SSSR count). The number of carbonyl (C=O) groups excluding carboxylic acids is 1. The highest BCUT2D eigenvalue weighted by molar-refractivity contribution is 5.89. The molecular formula is C24H19FN2O4. The second-order valence-electron chi connectivity index (χ2n) is 7.59. The number of hydroxylamine groups is 2. The predicted octanol–water partition coefficient (Wildman–Crippen LogP) is 4.54. The summed E-state index contributed by atoms with van der Waals surface area (Å²) < 4.78 is 13.5. The van der Waals surface area contributed by atoms with E-state index in [9.17, 15) is 19.1 Å². The number of halogens is 1. The molecule has 0 saturated carbocycles. The summed E-state index contributed by atoms with van der Waals surface area (Å²) in [6.07, 6.45) is 0. The predicted molar refractivity (Wildman–Crippen MR) is 110 cm³/mol. The van der Waals surface area contributed by atoms with Gasteiger partial charge in [-0.3, -0.25) is 4.84 Å². The number of carbonyl (C=O) groups is 2. The van der Waals surface area contributed by atoms with Crippen molar-refractivity contribution in [3.8, 4) is 11.1 Å². The Kier molecular flexibility index (Phi) is 4.67. The number of rotatable bonds is 5. The van der Waals surface area contributed by atoms with Crippen LogP contribution in [-0.2, 0) is 16.2 Å². The van der Waals surface area contributed by atoms with Crippen LogP contribution < -0.4 is 0 Å². The molecule has 3 aromatic rings. The number of hydrogen-bond donors (Lipinski definition) is 1. The SMILES string of the molecule is O=C(O)C1c2cccc(-c3ccc(F)cc3)c2[C@H]2CN1C(=O)N2OCc1ccccc1. The number of aliphatic carboxylic acids is 1. The molecule has 0 aliphatic carbocycles. The third-order valence-corrected chi connectivity index (χ3v) is 5.77. The topological polar surface area (TPSA) is 70.1 Å². The summed E-state index contributed by atoms with van der Waals surface area (Å²) in [5.41, 5.74) is 3.67. The van der Waals surface area contributed by atoms with Gasteiger partial charge in [-0.2, -0.15) is 5.06 Å². The lowest BCUT2D eigenvalue weighted by atomic mass is 9.85. The molecule has 7 heteroatoms. The van der Waals surface area contributed by atoms with Crippen LogP contribution in [0, 0.1) is 5.82 Å². The van der Waals surface area contributed by atoms with Crippen molar-refractivity contribution in [3.05, 3.63) is 95.3 Å². The van der Waals surface area contributed by atoms with Crippen molar-refractivity contribution in [2.75, 3.05) is 6.54 Å². The Morgan fingerprint density at radius 1 is 1.03 bits per heavy atom. The number of benzene rings is 3. The molecule has 31 heavy (non-hydrogen) atoms. The van der Waals surface area contributed by atoms with E-state index < -0.39 is 24.1 Å². The zero-order valence-electron chi connectivity index (χ0n) is 16.4. The minimum atomic E-state index is -1.11. The second kappa shape index (κ2) is 7.52. The molecule has 0 spiro atoms. The zero-order valence-corrected chi connectivity index (χ0v) is 16.4. The molecule has 2 aliphatic rings. The molecule has 2 atom stereocenters. The van der Waals surface area contributed by atoms with Gasteiger partial charge in [0.25, 0.3) is 0 Å². The van der Waals surface area contributed by atoms with Crippen LogP contribution in [-0.4, -0.2) is 33.6 Å². The normalized spacial score (nSPS) is 19.5. The van der Waals surface area contributed by atoms with Crippen LogP contribution in [0.15, 0.2) is 72.8 Å². The van der Waals surface area contributed by atoms with Gasteiger partial charge in [0.1, 0.15) is 18.5 Å². The van der Waals surface area contributed by atoms with Crippen LogP contribution >= 0.6 is 0 Å². The first kappa shape index (κ1) is 19.3. The van der Waals surface area contributed by atoms with Crippen molar-refractivity contribution in [2.45, 2.75) is 18.7 Å². The maximum atomic E-state index is 13.5. The fourth-order valence-corrected chi connectivity index (χ4v) is 4.40. The molecule has 1 saturated heterocycles. The van der Waals surface area contributed by atoms with E-state index in [0.717, 1.165) is 22.3 Å². The zero-order chi connectivity index (χ0) is 21.5. The van der Waals surface area contributed by atoms with E-state index in [1.165, 1.54) is 22.1 Å². The summed E-state index contributed by atoms with van der Waals surface area (Å²) in [5, 5.41) is 11.2. The smallest absolute Gasteiger partial charge is 0.345 e. The van der Waals surface area contributed by atoms with Crippen molar-refractivity contribution >= 4 is 12.0 Å². The molecule has 1 N–H and O–H groups in total. The van der Waals surface area contributed by atoms with Crippen molar-refractivity contribution in [1.82, 2.24) is 9.96 Å². The van der Waals surface area contributed by atoms with Gasteiger partial charge in [0.2, 0.25) is 0 Å². The Labute approximate surface area is 178 Å². The van der Waals surface area contributed by atoms with Crippen molar-refractivity contribution in [3.63, 3.8) is 0 Å². The van der Waals surface area contributed by atoms with Gasteiger partial charge >= 0.3 is 12.0 Å². The molecule has 2 amide bonds. The van der Waals surface area contributed by atoms with E-state index in [2.05, 4.69) is 0 Å². The van der Waals surface area contributed by atoms with Crippen LogP contribution in [0.25, 0.3) is 11.1 Å². The third-order valence-electron chi connectivity index (χ3n) is 5.77. The average molecular weight is 418 g/mol. The monoisotopic (exact) mass is 418 g/mol. The lowest BCUT2D eigenvalue weighted by Crippen LogP contribution is -2.38. The highest BCUT2D eigenvalue weighted by Gasteiger charge is 2.51. The number of amides is 2. The first-order valence-electron chi connectivity index (χ1n) is 9.93. The summed E-state index contributed by atoms with van der Waals surface area (Å²) in [4.78, 5) is 32.5. The molecule has 0 radical (unpaired) electrons. The van der Waals surface area contributed by atoms with Gasteiger partial charge in [-0.1, -0.05) is 60.7 Å². The Morgan fingerprint density at radius 3 is 2.48 bits per heavy atom. The molecule has 0 aromatic heterocycles. The number of carboxylic acids is 1. The fraction of sp³-hybridized carbons (Fsp3) is 0.167. The summed E-state index contributed by atoms with van der Waals surface area (Å²) >= 11 is 0. The molecule has 2 heterocycles. The quantitative estimate of drug-likeness (QED) is 0.660.